The molecule has 1 saturated heterocycles. The molecule has 0 saturated carbocycles. The Kier molecular flexibility index (Phi) is 3.26. The number of fused-ring (bicyclic) bond motifs is 1. The molecule has 0 bridgehead atoms. The lowest BCUT2D eigenvalue weighted by molar-refractivity contribution is -0.140. The first-order valence-corrected chi connectivity index (χ1v) is 6.88. The largest absolute Gasteiger partial charge is 0.480 e. The van der Waals surface area contributed by atoms with E-state index >= 15 is 0 Å². The van der Waals surface area contributed by atoms with Crippen molar-refractivity contribution in [2.24, 2.45) is 5.92 Å². The van der Waals surface area contributed by atoms with E-state index in [0.29, 0.717) is 0 Å². The Labute approximate surface area is 117 Å². The Morgan fingerprint density at radius 1 is 1.40 bits per heavy atom. The number of aliphatic carboxylic acids is 1. The third-order valence-corrected chi connectivity index (χ3v) is 4.02. The maximum atomic E-state index is 11.6. The molecule has 2 atom stereocenters. The summed E-state index contributed by atoms with van der Waals surface area (Å²) in [6.07, 6.45) is 3.63. The second kappa shape index (κ2) is 5.07. The molecule has 3 rings (SSSR count). The molecule has 20 heavy (non-hydrogen) atoms. The van der Waals surface area contributed by atoms with E-state index in [2.05, 4.69) is 10.2 Å². The van der Waals surface area contributed by atoms with Crippen molar-refractivity contribution < 1.29 is 9.90 Å². The Hall–Kier alpha value is -2.17. The lowest BCUT2D eigenvalue weighted by atomic mass is 9.90. The van der Waals surface area contributed by atoms with Gasteiger partial charge in [-0.2, -0.15) is 10.2 Å². The molecule has 0 aliphatic carbocycles. The number of aromatic nitrogens is 2. The van der Waals surface area contributed by atoms with Crippen molar-refractivity contribution in [1.29, 1.82) is 0 Å². The minimum atomic E-state index is -0.766. The van der Waals surface area contributed by atoms with Gasteiger partial charge in [0.15, 0.2) is 0 Å². The van der Waals surface area contributed by atoms with E-state index in [-0.39, 0.29) is 5.92 Å². The summed E-state index contributed by atoms with van der Waals surface area (Å²) in [6.45, 7) is 2.75. The van der Waals surface area contributed by atoms with E-state index in [4.69, 9.17) is 0 Å². The van der Waals surface area contributed by atoms with E-state index in [0.717, 1.165) is 36.0 Å². The Balaban J connectivity index is 2.11. The molecule has 2 aromatic rings. The van der Waals surface area contributed by atoms with Crippen molar-refractivity contribution >= 4 is 22.6 Å². The van der Waals surface area contributed by atoms with E-state index in [9.17, 15) is 9.90 Å². The fourth-order valence-electron chi connectivity index (χ4n) is 3.06. The van der Waals surface area contributed by atoms with Crippen LogP contribution < -0.4 is 4.90 Å². The molecule has 1 aromatic heterocycles. The number of piperidine rings is 1. The summed E-state index contributed by atoms with van der Waals surface area (Å²) in [6, 6.07) is 7.23. The molecular formula is C15H17N3O2. The van der Waals surface area contributed by atoms with Crippen LogP contribution in [0.5, 0.6) is 0 Å². The molecule has 1 N–H and O–H groups in total. The predicted octanol–water partition coefficient (Wildman–Crippen LogP) is 2.32. The first-order valence-electron chi connectivity index (χ1n) is 6.88. The van der Waals surface area contributed by atoms with Crippen LogP contribution in [0.3, 0.4) is 0 Å². The highest BCUT2D eigenvalue weighted by Gasteiger charge is 2.35. The molecule has 2 unspecified atom stereocenters. The Morgan fingerprint density at radius 3 is 3.00 bits per heavy atom. The molecule has 0 radical (unpaired) electrons. The Morgan fingerprint density at radius 2 is 2.20 bits per heavy atom. The van der Waals surface area contributed by atoms with E-state index < -0.39 is 12.0 Å². The van der Waals surface area contributed by atoms with Gasteiger partial charge in [0.2, 0.25) is 0 Å². The summed E-state index contributed by atoms with van der Waals surface area (Å²) in [5.74, 6) is -0.633. The van der Waals surface area contributed by atoms with Crippen molar-refractivity contribution in [1.82, 2.24) is 10.2 Å². The zero-order chi connectivity index (χ0) is 14.1. The van der Waals surface area contributed by atoms with Crippen LogP contribution in [0.2, 0.25) is 0 Å². The number of anilines is 1. The molecule has 1 aliphatic heterocycles. The number of carboxylic acids is 1. The SMILES string of the molecule is CC1CCCN(c2cnnc3ccccc23)C1C(=O)O. The molecule has 1 aromatic carbocycles. The fourth-order valence-corrected chi connectivity index (χ4v) is 3.06. The third kappa shape index (κ3) is 2.09. The van der Waals surface area contributed by atoms with Gasteiger partial charge in [0.25, 0.3) is 0 Å². The number of nitrogens with zero attached hydrogens (tertiary/aromatic N) is 3. The number of carboxylic acid groups (broad SMARTS) is 1. The van der Waals surface area contributed by atoms with Gasteiger partial charge in [-0.1, -0.05) is 25.1 Å². The first-order chi connectivity index (χ1) is 9.68. The van der Waals surface area contributed by atoms with Gasteiger partial charge in [-0.05, 0) is 24.8 Å². The molecular weight excluding hydrogens is 254 g/mol. The summed E-state index contributed by atoms with van der Waals surface area (Å²) >= 11 is 0. The van der Waals surface area contributed by atoms with E-state index in [1.165, 1.54) is 0 Å². The zero-order valence-electron chi connectivity index (χ0n) is 11.4. The second-order valence-electron chi connectivity index (χ2n) is 5.34. The van der Waals surface area contributed by atoms with Crippen molar-refractivity contribution in [2.45, 2.75) is 25.8 Å². The summed E-state index contributed by atoms with van der Waals surface area (Å²) in [5.41, 5.74) is 1.67. The quantitative estimate of drug-likeness (QED) is 0.908. The van der Waals surface area contributed by atoms with Crippen molar-refractivity contribution in [2.75, 3.05) is 11.4 Å². The third-order valence-electron chi connectivity index (χ3n) is 4.02. The van der Waals surface area contributed by atoms with Crippen LogP contribution in [0.4, 0.5) is 5.69 Å². The minimum absolute atomic E-state index is 0.133. The molecule has 104 valence electrons. The van der Waals surface area contributed by atoms with E-state index in [1.807, 2.05) is 36.1 Å². The number of benzene rings is 1. The monoisotopic (exact) mass is 271 g/mol. The maximum Gasteiger partial charge on any atom is 0.326 e. The standard InChI is InChI=1S/C15H17N3O2/c1-10-5-4-8-18(14(10)15(19)20)13-9-16-17-12-7-3-2-6-11(12)13/h2-3,6-7,9-10,14H,4-5,8H2,1H3,(H,19,20). The lowest BCUT2D eigenvalue weighted by Gasteiger charge is -2.39. The first kappa shape index (κ1) is 12.8. The van der Waals surface area contributed by atoms with Crippen LogP contribution in [0.15, 0.2) is 30.5 Å². The lowest BCUT2D eigenvalue weighted by Crippen LogP contribution is -2.49. The van der Waals surface area contributed by atoms with Crippen LogP contribution in [0, 0.1) is 5.92 Å². The van der Waals surface area contributed by atoms with Gasteiger partial charge in [0.1, 0.15) is 6.04 Å². The summed E-state index contributed by atoms with van der Waals surface area (Å²) in [7, 11) is 0. The molecule has 5 heteroatoms. The second-order valence-corrected chi connectivity index (χ2v) is 5.34. The van der Waals surface area contributed by atoms with Crippen molar-refractivity contribution in [3.63, 3.8) is 0 Å². The smallest absolute Gasteiger partial charge is 0.326 e. The van der Waals surface area contributed by atoms with Crippen LogP contribution in [0.1, 0.15) is 19.8 Å². The minimum Gasteiger partial charge on any atom is -0.480 e. The molecule has 1 fully saturated rings. The van der Waals surface area contributed by atoms with Gasteiger partial charge in [-0.3, -0.25) is 0 Å². The fraction of sp³-hybridized carbons (Fsp3) is 0.400. The number of carbonyl (C=O) groups is 1. The normalized spacial score (nSPS) is 22.9. The number of hydrogen-bond acceptors (Lipinski definition) is 4. The zero-order valence-corrected chi connectivity index (χ0v) is 11.4. The van der Waals surface area contributed by atoms with Crippen LogP contribution in [0.25, 0.3) is 10.9 Å². The summed E-state index contributed by atoms with van der Waals surface area (Å²) in [5, 5.41) is 18.6. The highest BCUT2D eigenvalue weighted by atomic mass is 16.4. The van der Waals surface area contributed by atoms with Gasteiger partial charge in [-0.15, -0.1) is 0 Å². The molecule has 1 aliphatic rings. The van der Waals surface area contributed by atoms with Gasteiger partial charge < -0.3 is 10.0 Å². The van der Waals surface area contributed by atoms with Gasteiger partial charge in [0, 0.05) is 11.9 Å². The molecule has 5 nitrogen and oxygen atoms in total. The molecule has 0 amide bonds. The van der Waals surface area contributed by atoms with Crippen LogP contribution in [-0.2, 0) is 4.79 Å². The summed E-state index contributed by atoms with van der Waals surface area (Å²) < 4.78 is 0. The van der Waals surface area contributed by atoms with Gasteiger partial charge >= 0.3 is 5.97 Å². The molecule has 0 spiro atoms. The van der Waals surface area contributed by atoms with Gasteiger partial charge in [-0.25, -0.2) is 4.79 Å². The maximum absolute atomic E-state index is 11.6. The van der Waals surface area contributed by atoms with Crippen molar-refractivity contribution in [3.8, 4) is 0 Å². The van der Waals surface area contributed by atoms with Crippen LogP contribution in [-0.4, -0.2) is 33.9 Å². The highest BCUT2D eigenvalue weighted by molar-refractivity contribution is 5.93. The topological polar surface area (TPSA) is 66.3 Å². The average Bonchev–Trinajstić information content (AvgIpc) is 2.46. The summed E-state index contributed by atoms with van der Waals surface area (Å²) in [4.78, 5) is 13.6. The molecule has 2 heterocycles. The van der Waals surface area contributed by atoms with Gasteiger partial charge in [0.05, 0.1) is 17.4 Å². The predicted molar refractivity (Wildman–Crippen MR) is 76.7 cm³/mol. The van der Waals surface area contributed by atoms with Crippen LogP contribution >= 0.6 is 0 Å². The number of rotatable bonds is 2. The highest BCUT2D eigenvalue weighted by Crippen LogP contribution is 2.32. The number of hydrogen-bond donors (Lipinski definition) is 1. The average molecular weight is 271 g/mol. The van der Waals surface area contributed by atoms with Crippen molar-refractivity contribution in [3.05, 3.63) is 30.5 Å². The van der Waals surface area contributed by atoms with E-state index in [1.54, 1.807) is 6.20 Å². The Bertz CT molecular complexity index is 639.